The number of halogens is 1. The van der Waals surface area contributed by atoms with Crippen molar-refractivity contribution in [3.63, 3.8) is 0 Å². The maximum absolute atomic E-state index is 6.01. The molecule has 8 heteroatoms. The second-order valence-electron chi connectivity index (χ2n) is 6.35. The number of para-hydroxylation sites is 1. The van der Waals surface area contributed by atoms with Crippen molar-refractivity contribution < 1.29 is 4.74 Å². The molecular formula is C22H19ClN4OS2. The van der Waals surface area contributed by atoms with Gasteiger partial charge in [-0.25, -0.2) is 4.98 Å². The zero-order valence-corrected chi connectivity index (χ0v) is 18.7. The normalized spacial score (nSPS) is 10.9. The summed E-state index contributed by atoms with van der Waals surface area (Å²) in [5, 5.41) is 13.3. The van der Waals surface area contributed by atoms with Crippen LogP contribution < -0.4 is 4.74 Å². The number of hydrogen-bond acceptors (Lipinski definition) is 6. The first-order valence-electron chi connectivity index (χ1n) is 9.20. The fourth-order valence-electron chi connectivity index (χ4n) is 2.96. The van der Waals surface area contributed by atoms with Crippen LogP contribution in [0.1, 0.15) is 5.69 Å². The first kappa shape index (κ1) is 20.7. The zero-order valence-electron chi connectivity index (χ0n) is 16.3. The predicted molar refractivity (Wildman–Crippen MR) is 124 cm³/mol. The molecular weight excluding hydrogens is 436 g/mol. The van der Waals surface area contributed by atoms with Crippen LogP contribution in [0, 0.1) is 0 Å². The van der Waals surface area contributed by atoms with Crippen LogP contribution in [0.3, 0.4) is 0 Å². The molecule has 2 heterocycles. The van der Waals surface area contributed by atoms with Crippen LogP contribution in [0.5, 0.6) is 5.75 Å². The van der Waals surface area contributed by atoms with Crippen molar-refractivity contribution in [1.82, 2.24) is 19.7 Å². The summed E-state index contributed by atoms with van der Waals surface area (Å²) in [6, 6.07) is 15.5. The highest BCUT2D eigenvalue weighted by molar-refractivity contribution is 7.98. The summed E-state index contributed by atoms with van der Waals surface area (Å²) in [4.78, 5) is 4.78. The van der Waals surface area contributed by atoms with E-state index in [1.54, 1.807) is 30.2 Å². The monoisotopic (exact) mass is 454 g/mol. The second kappa shape index (κ2) is 9.47. The smallest absolute Gasteiger partial charge is 0.192 e. The minimum Gasteiger partial charge on any atom is -0.496 e. The van der Waals surface area contributed by atoms with E-state index in [0.29, 0.717) is 17.3 Å². The molecule has 4 rings (SSSR count). The number of ether oxygens (including phenoxy) is 1. The van der Waals surface area contributed by atoms with Gasteiger partial charge in [0.05, 0.1) is 18.4 Å². The number of thioether (sulfide) groups is 1. The zero-order chi connectivity index (χ0) is 20.9. The minimum absolute atomic E-state index is 0.622. The van der Waals surface area contributed by atoms with E-state index in [9.17, 15) is 0 Å². The number of methoxy groups -OCH3 is 1. The van der Waals surface area contributed by atoms with E-state index in [2.05, 4.69) is 26.7 Å². The molecule has 152 valence electrons. The van der Waals surface area contributed by atoms with Crippen LogP contribution in [0.15, 0.2) is 71.7 Å². The molecule has 4 aromatic rings. The topological polar surface area (TPSA) is 52.8 Å². The highest BCUT2D eigenvalue weighted by atomic mass is 35.5. The van der Waals surface area contributed by atoms with E-state index < -0.39 is 0 Å². The van der Waals surface area contributed by atoms with Gasteiger partial charge in [0.2, 0.25) is 0 Å². The summed E-state index contributed by atoms with van der Waals surface area (Å²) >= 11 is 9.23. The molecule has 0 atom stereocenters. The Morgan fingerprint density at radius 3 is 2.73 bits per heavy atom. The second-order valence-corrected chi connectivity index (χ2v) is 8.58. The van der Waals surface area contributed by atoms with Crippen molar-refractivity contribution in [3.05, 3.63) is 77.3 Å². The summed E-state index contributed by atoms with van der Waals surface area (Å²) < 4.78 is 7.51. The highest BCUT2D eigenvalue weighted by Crippen LogP contribution is 2.33. The number of nitrogens with zero attached hydrogens (tertiary/aromatic N) is 4. The number of thiazole rings is 1. The molecule has 2 aromatic heterocycles. The molecule has 0 aliphatic rings. The molecule has 5 nitrogen and oxygen atoms in total. The Kier molecular flexibility index (Phi) is 6.52. The number of allylic oxidation sites excluding steroid dienone is 1. The third-order valence-electron chi connectivity index (χ3n) is 4.37. The lowest BCUT2D eigenvalue weighted by atomic mass is 10.2. The lowest BCUT2D eigenvalue weighted by Crippen LogP contribution is -2.00. The maximum atomic E-state index is 6.01. The Balaban J connectivity index is 1.54. The molecule has 0 spiro atoms. The van der Waals surface area contributed by atoms with Gasteiger partial charge in [0.15, 0.2) is 11.0 Å². The average Bonchev–Trinajstić information content (AvgIpc) is 3.40. The van der Waals surface area contributed by atoms with Gasteiger partial charge < -0.3 is 4.74 Å². The molecule has 0 saturated heterocycles. The SMILES string of the molecule is C=CCn1c(SCc2csc(-c3ccccc3OC)n2)nnc1-c1ccc(Cl)cc1. The van der Waals surface area contributed by atoms with Gasteiger partial charge in [-0.05, 0) is 36.4 Å². The van der Waals surface area contributed by atoms with Gasteiger partial charge >= 0.3 is 0 Å². The predicted octanol–water partition coefficient (Wildman–Crippen LogP) is 6.21. The molecule has 0 aliphatic carbocycles. The van der Waals surface area contributed by atoms with Crippen LogP contribution in [-0.4, -0.2) is 26.9 Å². The van der Waals surface area contributed by atoms with Crippen LogP contribution in [0.4, 0.5) is 0 Å². The fraction of sp³-hybridized carbons (Fsp3) is 0.136. The van der Waals surface area contributed by atoms with Crippen LogP contribution in [-0.2, 0) is 12.3 Å². The van der Waals surface area contributed by atoms with E-state index >= 15 is 0 Å². The number of hydrogen-bond donors (Lipinski definition) is 0. The van der Waals surface area contributed by atoms with Gasteiger partial charge in [0.25, 0.3) is 0 Å². The van der Waals surface area contributed by atoms with Crippen molar-refractivity contribution in [1.29, 1.82) is 0 Å². The van der Waals surface area contributed by atoms with Crippen LogP contribution in [0.25, 0.3) is 22.0 Å². The van der Waals surface area contributed by atoms with E-state index in [1.165, 1.54) is 0 Å². The minimum atomic E-state index is 0.622. The Bertz CT molecular complexity index is 1150. The summed E-state index contributed by atoms with van der Waals surface area (Å²) in [5.41, 5.74) is 2.96. The average molecular weight is 455 g/mol. The third-order valence-corrected chi connectivity index (χ3v) is 6.55. The summed E-state index contributed by atoms with van der Waals surface area (Å²) in [5.74, 6) is 2.31. The molecule has 0 saturated carbocycles. The number of benzene rings is 2. The van der Waals surface area contributed by atoms with Gasteiger partial charge in [-0.15, -0.1) is 28.1 Å². The molecule has 0 unspecified atom stereocenters. The Morgan fingerprint density at radius 2 is 1.97 bits per heavy atom. The Morgan fingerprint density at radius 1 is 1.17 bits per heavy atom. The first-order valence-corrected chi connectivity index (χ1v) is 11.4. The van der Waals surface area contributed by atoms with Gasteiger partial charge in [0, 0.05) is 28.3 Å². The van der Waals surface area contributed by atoms with E-state index in [1.807, 2.05) is 54.6 Å². The summed E-state index contributed by atoms with van der Waals surface area (Å²) in [6.07, 6.45) is 1.84. The van der Waals surface area contributed by atoms with Crippen molar-refractivity contribution in [2.75, 3.05) is 7.11 Å². The summed E-state index contributed by atoms with van der Waals surface area (Å²) in [6.45, 7) is 4.49. The van der Waals surface area contributed by atoms with Gasteiger partial charge in [-0.1, -0.05) is 41.6 Å². The molecule has 0 amide bonds. The highest BCUT2D eigenvalue weighted by Gasteiger charge is 2.15. The lowest BCUT2D eigenvalue weighted by molar-refractivity contribution is 0.416. The van der Waals surface area contributed by atoms with Crippen molar-refractivity contribution in [2.45, 2.75) is 17.5 Å². The first-order chi connectivity index (χ1) is 14.7. The number of aromatic nitrogens is 4. The number of rotatable bonds is 8. The lowest BCUT2D eigenvalue weighted by Gasteiger charge is -2.07. The molecule has 0 N–H and O–H groups in total. The largest absolute Gasteiger partial charge is 0.496 e. The molecule has 0 fully saturated rings. The quantitative estimate of drug-likeness (QED) is 0.234. The molecule has 0 bridgehead atoms. The van der Waals surface area contributed by atoms with Crippen molar-refractivity contribution in [3.8, 4) is 27.7 Å². The molecule has 0 radical (unpaired) electrons. The van der Waals surface area contributed by atoms with Crippen molar-refractivity contribution >= 4 is 34.7 Å². The van der Waals surface area contributed by atoms with E-state index in [0.717, 1.165) is 38.6 Å². The van der Waals surface area contributed by atoms with Crippen LogP contribution >= 0.6 is 34.7 Å². The standard InChI is InChI=1S/C22H19ClN4OS2/c1-3-12-27-20(15-8-10-16(23)11-9-15)25-26-22(27)30-14-17-13-29-21(24-17)18-6-4-5-7-19(18)28-2/h3-11,13H,1,12,14H2,2H3. The van der Waals surface area contributed by atoms with Gasteiger partial charge in [-0.2, -0.15) is 0 Å². The van der Waals surface area contributed by atoms with Gasteiger partial charge in [-0.3, -0.25) is 4.57 Å². The van der Waals surface area contributed by atoms with E-state index in [-0.39, 0.29) is 0 Å². The molecule has 30 heavy (non-hydrogen) atoms. The van der Waals surface area contributed by atoms with E-state index in [4.69, 9.17) is 21.3 Å². The van der Waals surface area contributed by atoms with Crippen molar-refractivity contribution in [2.24, 2.45) is 0 Å². The van der Waals surface area contributed by atoms with Crippen LogP contribution in [0.2, 0.25) is 5.02 Å². The Hall–Kier alpha value is -2.61. The molecule has 2 aromatic carbocycles. The molecule has 0 aliphatic heterocycles. The Labute approximate surface area is 188 Å². The van der Waals surface area contributed by atoms with Gasteiger partial charge in [0.1, 0.15) is 10.8 Å². The summed E-state index contributed by atoms with van der Waals surface area (Å²) in [7, 11) is 1.67. The maximum Gasteiger partial charge on any atom is 0.192 e. The fourth-order valence-corrected chi connectivity index (χ4v) is 4.88. The third kappa shape index (κ3) is 4.43.